The van der Waals surface area contributed by atoms with Crippen LogP contribution in [0.2, 0.25) is 0 Å². The molecule has 1 aliphatic carbocycles. The summed E-state index contributed by atoms with van der Waals surface area (Å²) in [6.45, 7) is 0.648. The monoisotopic (exact) mass is 266 g/mol. The molecule has 2 atom stereocenters. The zero-order valence-corrected chi connectivity index (χ0v) is 10.4. The Morgan fingerprint density at radius 3 is 2.61 bits per heavy atom. The average molecular weight is 266 g/mol. The predicted molar refractivity (Wildman–Crippen MR) is 61.7 cm³/mol. The molecule has 106 valence electrons. The fourth-order valence-corrected chi connectivity index (χ4v) is 3.10. The summed E-state index contributed by atoms with van der Waals surface area (Å²) in [6.07, 6.45) is 0.0751. The summed E-state index contributed by atoms with van der Waals surface area (Å²) in [6, 6.07) is -0.256. The van der Waals surface area contributed by atoms with Crippen LogP contribution in [-0.2, 0) is 4.74 Å². The van der Waals surface area contributed by atoms with Gasteiger partial charge in [0.1, 0.15) is 0 Å². The van der Waals surface area contributed by atoms with Crippen LogP contribution in [-0.4, -0.2) is 24.4 Å². The zero-order chi connectivity index (χ0) is 13.2. The lowest BCUT2D eigenvalue weighted by Crippen LogP contribution is -2.51. The van der Waals surface area contributed by atoms with Gasteiger partial charge in [0, 0.05) is 19.1 Å². The number of ether oxygens (including phenoxy) is 1. The van der Waals surface area contributed by atoms with Crippen LogP contribution in [0.3, 0.4) is 0 Å². The van der Waals surface area contributed by atoms with Crippen molar-refractivity contribution in [1.29, 1.82) is 0 Å². The number of hydrazine groups is 1. The molecule has 3 N–H and O–H groups in total. The molecule has 3 nitrogen and oxygen atoms in total. The van der Waals surface area contributed by atoms with Crippen molar-refractivity contribution in [2.75, 3.05) is 6.61 Å². The van der Waals surface area contributed by atoms with Crippen LogP contribution in [0.4, 0.5) is 13.2 Å². The number of nitrogens with one attached hydrogen (secondary N) is 1. The Kier molecular flexibility index (Phi) is 4.18. The molecule has 1 spiro atoms. The van der Waals surface area contributed by atoms with Crippen LogP contribution in [0.5, 0.6) is 0 Å². The minimum atomic E-state index is -4.10. The Labute approximate surface area is 105 Å². The van der Waals surface area contributed by atoms with E-state index in [1.807, 2.05) is 0 Å². The highest BCUT2D eigenvalue weighted by Crippen LogP contribution is 2.45. The van der Waals surface area contributed by atoms with E-state index in [0.717, 1.165) is 32.1 Å². The van der Waals surface area contributed by atoms with E-state index in [9.17, 15) is 13.2 Å². The first-order chi connectivity index (χ1) is 8.44. The van der Waals surface area contributed by atoms with E-state index in [-0.39, 0.29) is 24.0 Å². The maximum atomic E-state index is 12.3. The quantitative estimate of drug-likeness (QED) is 0.607. The molecule has 2 fully saturated rings. The van der Waals surface area contributed by atoms with Crippen molar-refractivity contribution >= 4 is 0 Å². The largest absolute Gasteiger partial charge is 0.389 e. The summed E-state index contributed by atoms with van der Waals surface area (Å²) in [5.74, 6) is 5.62. The van der Waals surface area contributed by atoms with E-state index in [0.29, 0.717) is 6.61 Å². The molecule has 0 bridgehead atoms. The van der Waals surface area contributed by atoms with E-state index in [1.54, 1.807) is 0 Å². The molecule has 0 amide bonds. The van der Waals surface area contributed by atoms with Gasteiger partial charge in [0.25, 0.3) is 0 Å². The number of hydrogen-bond donors (Lipinski definition) is 2. The minimum absolute atomic E-state index is 0.0454. The topological polar surface area (TPSA) is 47.3 Å². The molecule has 18 heavy (non-hydrogen) atoms. The lowest BCUT2D eigenvalue weighted by atomic mass is 9.70. The average Bonchev–Trinajstić information content (AvgIpc) is 2.27. The van der Waals surface area contributed by atoms with E-state index < -0.39 is 12.6 Å². The molecule has 1 heterocycles. The molecule has 1 aliphatic heterocycles. The van der Waals surface area contributed by atoms with Gasteiger partial charge in [-0.25, -0.2) is 0 Å². The zero-order valence-electron chi connectivity index (χ0n) is 10.4. The molecule has 0 aromatic heterocycles. The predicted octanol–water partition coefficient (Wildman–Crippen LogP) is 2.51. The Morgan fingerprint density at radius 2 is 2.11 bits per heavy atom. The SMILES string of the molecule is NNC(CCC(F)(F)F)C1CCOC2(CCC2)C1. The fraction of sp³-hybridized carbons (Fsp3) is 1.00. The van der Waals surface area contributed by atoms with Gasteiger partial charge >= 0.3 is 6.18 Å². The first-order valence-corrected chi connectivity index (χ1v) is 6.61. The fourth-order valence-electron chi connectivity index (χ4n) is 3.10. The third-order valence-corrected chi connectivity index (χ3v) is 4.32. The molecule has 1 saturated heterocycles. The molecule has 1 saturated carbocycles. The van der Waals surface area contributed by atoms with Crippen molar-refractivity contribution in [1.82, 2.24) is 5.43 Å². The van der Waals surface area contributed by atoms with Crippen LogP contribution < -0.4 is 11.3 Å². The van der Waals surface area contributed by atoms with Crippen molar-refractivity contribution in [2.45, 2.75) is 62.8 Å². The second-order valence-electron chi connectivity index (χ2n) is 5.56. The number of hydrogen-bond acceptors (Lipinski definition) is 3. The first kappa shape index (κ1) is 14.1. The number of halogens is 3. The molecule has 6 heteroatoms. The summed E-state index contributed by atoms with van der Waals surface area (Å²) in [5, 5.41) is 0. The summed E-state index contributed by atoms with van der Waals surface area (Å²) in [5.41, 5.74) is 2.53. The molecule has 0 radical (unpaired) electrons. The van der Waals surface area contributed by atoms with Crippen LogP contribution in [0.1, 0.15) is 44.9 Å². The highest BCUT2D eigenvalue weighted by molar-refractivity contribution is 4.96. The van der Waals surface area contributed by atoms with Crippen molar-refractivity contribution in [3.8, 4) is 0 Å². The van der Waals surface area contributed by atoms with Crippen LogP contribution in [0.25, 0.3) is 0 Å². The maximum Gasteiger partial charge on any atom is 0.389 e. The molecular weight excluding hydrogens is 245 g/mol. The van der Waals surface area contributed by atoms with Crippen molar-refractivity contribution in [3.05, 3.63) is 0 Å². The van der Waals surface area contributed by atoms with Crippen molar-refractivity contribution in [3.63, 3.8) is 0 Å². The van der Waals surface area contributed by atoms with E-state index in [4.69, 9.17) is 10.6 Å². The van der Waals surface area contributed by atoms with Gasteiger partial charge in [-0.3, -0.25) is 11.3 Å². The number of alkyl halides is 3. The normalized spacial score (nSPS) is 29.0. The van der Waals surface area contributed by atoms with Gasteiger partial charge in [-0.2, -0.15) is 13.2 Å². The Morgan fingerprint density at radius 1 is 1.39 bits per heavy atom. The van der Waals surface area contributed by atoms with Gasteiger partial charge in [-0.1, -0.05) is 0 Å². The summed E-state index contributed by atoms with van der Waals surface area (Å²) in [7, 11) is 0. The Bertz CT molecular complexity index is 279. The van der Waals surface area contributed by atoms with Crippen LogP contribution in [0.15, 0.2) is 0 Å². The van der Waals surface area contributed by atoms with Gasteiger partial charge in [0.2, 0.25) is 0 Å². The highest BCUT2D eigenvalue weighted by atomic mass is 19.4. The Balaban J connectivity index is 1.87. The van der Waals surface area contributed by atoms with E-state index >= 15 is 0 Å². The van der Waals surface area contributed by atoms with Gasteiger partial charge in [0.15, 0.2) is 0 Å². The molecule has 2 rings (SSSR count). The van der Waals surface area contributed by atoms with E-state index in [2.05, 4.69) is 5.43 Å². The smallest absolute Gasteiger partial charge is 0.375 e. The molecule has 2 unspecified atom stereocenters. The van der Waals surface area contributed by atoms with Crippen molar-refractivity contribution in [2.24, 2.45) is 11.8 Å². The van der Waals surface area contributed by atoms with Crippen LogP contribution >= 0.6 is 0 Å². The third kappa shape index (κ3) is 3.36. The van der Waals surface area contributed by atoms with Gasteiger partial charge in [-0.15, -0.1) is 0 Å². The first-order valence-electron chi connectivity index (χ1n) is 6.61. The second-order valence-corrected chi connectivity index (χ2v) is 5.56. The minimum Gasteiger partial charge on any atom is -0.375 e. The summed E-state index contributed by atoms with van der Waals surface area (Å²) in [4.78, 5) is 0. The lowest BCUT2D eigenvalue weighted by Gasteiger charge is -2.48. The lowest BCUT2D eigenvalue weighted by molar-refractivity contribution is -0.153. The Hall–Kier alpha value is -0.330. The second kappa shape index (κ2) is 5.35. The molecule has 2 aliphatic rings. The van der Waals surface area contributed by atoms with Gasteiger partial charge in [0.05, 0.1) is 5.60 Å². The molecule has 0 aromatic rings. The third-order valence-electron chi connectivity index (χ3n) is 4.32. The maximum absolute atomic E-state index is 12.3. The summed E-state index contributed by atoms with van der Waals surface area (Å²) >= 11 is 0. The number of rotatable bonds is 4. The highest BCUT2D eigenvalue weighted by Gasteiger charge is 2.44. The number of nitrogens with two attached hydrogens (primary N) is 1. The van der Waals surface area contributed by atoms with Gasteiger partial charge < -0.3 is 4.74 Å². The standard InChI is InChI=1S/C12H21F3N2O/c13-12(14,15)6-2-10(17-16)9-3-7-18-11(8-9)4-1-5-11/h9-10,17H,1-8,16H2. The van der Waals surface area contributed by atoms with Gasteiger partial charge in [-0.05, 0) is 44.4 Å². The summed E-state index contributed by atoms with van der Waals surface area (Å²) < 4.78 is 42.5. The molecular formula is C12H21F3N2O. The van der Waals surface area contributed by atoms with E-state index in [1.165, 1.54) is 0 Å². The van der Waals surface area contributed by atoms with Crippen molar-refractivity contribution < 1.29 is 17.9 Å². The van der Waals surface area contributed by atoms with Crippen LogP contribution in [0, 0.1) is 5.92 Å². The molecule has 0 aromatic carbocycles.